The summed E-state index contributed by atoms with van der Waals surface area (Å²) in [5.74, 6) is 0. The zero-order chi connectivity index (χ0) is 13.1. The minimum absolute atomic E-state index is 0.0166. The van der Waals surface area contributed by atoms with Crippen molar-refractivity contribution < 1.29 is 17.2 Å². The highest BCUT2D eigenvalue weighted by Gasteiger charge is 2.29. The zero-order valence-corrected chi connectivity index (χ0v) is 11.4. The Labute approximate surface area is 106 Å². The largest absolute Gasteiger partial charge is 0.281 e. The van der Waals surface area contributed by atoms with E-state index in [1.807, 2.05) is 0 Å². The molecule has 1 rings (SSSR count). The van der Waals surface area contributed by atoms with Gasteiger partial charge in [0.25, 0.3) is 6.43 Å². The summed E-state index contributed by atoms with van der Waals surface area (Å²) < 4.78 is 49.5. The summed E-state index contributed by atoms with van der Waals surface area (Å²) in [4.78, 5) is -0.0703. The van der Waals surface area contributed by atoms with Crippen molar-refractivity contribution in [2.24, 2.45) is 0 Å². The van der Waals surface area contributed by atoms with Crippen molar-refractivity contribution in [2.45, 2.75) is 18.2 Å². The summed E-state index contributed by atoms with van der Waals surface area (Å²) in [7, 11) is -3.92. The monoisotopic (exact) mass is 331 g/mol. The van der Waals surface area contributed by atoms with E-state index in [-0.39, 0.29) is 16.8 Å². The molecule has 5 nitrogen and oxygen atoms in total. The van der Waals surface area contributed by atoms with E-state index >= 15 is 0 Å². The van der Waals surface area contributed by atoms with Gasteiger partial charge in [-0.05, 0) is 6.92 Å². The lowest BCUT2D eigenvalue weighted by atomic mass is 10.5. The molecule has 0 aliphatic rings. The first-order valence-electron chi connectivity index (χ1n) is 4.73. The van der Waals surface area contributed by atoms with Crippen molar-refractivity contribution in [3.05, 3.63) is 11.9 Å². The van der Waals surface area contributed by atoms with Crippen molar-refractivity contribution in [1.82, 2.24) is 14.5 Å². The summed E-state index contributed by atoms with van der Waals surface area (Å²) in [6.45, 7) is 0.685. The Bertz CT molecular complexity index is 463. The first-order chi connectivity index (χ1) is 7.89. The number of sulfonamides is 1. The SMILES string of the molecule is Cc1[nH]ncc1S(=O)(=O)N(CCBr)CC(F)F. The standard InChI is InChI=1S/C8H12BrF2N3O2S/c1-6-7(4-12-13-6)17(15,16)14(3-2-9)5-8(10)11/h4,8H,2-3,5H2,1H3,(H,12,13). The van der Waals surface area contributed by atoms with Crippen molar-refractivity contribution in [1.29, 1.82) is 0 Å². The van der Waals surface area contributed by atoms with Gasteiger partial charge in [0.2, 0.25) is 10.0 Å². The van der Waals surface area contributed by atoms with Gasteiger partial charge >= 0.3 is 0 Å². The molecule has 0 saturated carbocycles. The van der Waals surface area contributed by atoms with E-state index in [1.54, 1.807) is 0 Å². The molecule has 0 unspecified atom stereocenters. The van der Waals surface area contributed by atoms with Gasteiger partial charge in [-0.2, -0.15) is 9.40 Å². The van der Waals surface area contributed by atoms with Crippen molar-refractivity contribution in [3.63, 3.8) is 0 Å². The molecule has 0 amide bonds. The van der Waals surface area contributed by atoms with Gasteiger partial charge in [0.05, 0.1) is 18.4 Å². The zero-order valence-electron chi connectivity index (χ0n) is 9.03. The van der Waals surface area contributed by atoms with E-state index in [1.165, 1.54) is 6.92 Å². The maximum atomic E-state index is 12.3. The molecule has 1 aromatic heterocycles. The molecule has 0 fully saturated rings. The van der Waals surface area contributed by atoms with Crippen LogP contribution in [-0.2, 0) is 10.0 Å². The molecular weight excluding hydrogens is 320 g/mol. The number of nitrogens with one attached hydrogen (secondary N) is 1. The number of hydrogen-bond donors (Lipinski definition) is 1. The Balaban J connectivity index is 3.04. The first kappa shape index (κ1) is 14.5. The van der Waals surface area contributed by atoms with Crippen LogP contribution >= 0.6 is 15.9 Å². The molecule has 1 aromatic rings. The molecule has 0 aliphatic carbocycles. The topological polar surface area (TPSA) is 66.1 Å². The fourth-order valence-electron chi connectivity index (χ4n) is 1.30. The Hall–Kier alpha value is -0.540. The molecule has 0 radical (unpaired) electrons. The Morgan fingerprint density at radius 1 is 1.59 bits per heavy atom. The first-order valence-corrected chi connectivity index (χ1v) is 7.30. The molecule has 9 heteroatoms. The van der Waals surface area contributed by atoms with Crippen LogP contribution in [0.25, 0.3) is 0 Å². The third-order valence-electron chi connectivity index (χ3n) is 2.08. The second-order valence-corrected chi connectivity index (χ2v) is 6.00. The van der Waals surface area contributed by atoms with Gasteiger partial charge in [0, 0.05) is 11.9 Å². The highest BCUT2D eigenvalue weighted by molar-refractivity contribution is 9.09. The van der Waals surface area contributed by atoms with E-state index < -0.39 is 23.0 Å². The van der Waals surface area contributed by atoms with Gasteiger partial charge in [-0.25, -0.2) is 17.2 Å². The predicted octanol–water partition coefficient (Wildman–Crippen LogP) is 1.37. The maximum Gasteiger partial charge on any atom is 0.252 e. The highest BCUT2D eigenvalue weighted by atomic mass is 79.9. The summed E-state index contributed by atoms with van der Waals surface area (Å²) in [5.41, 5.74) is 0.332. The smallest absolute Gasteiger partial charge is 0.252 e. The molecule has 0 spiro atoms. The van der Waals surface area contributed by atoms with Crippen LogP contribution in [0.1, 0.15) is 5.69 Å². The third-order valence-corrected chi connectivity index (χ3v) is 4.41. The number of halogens is 3. The molecule has 0 aliphatic heterocycles. The molecule has 0 saturated heterocycles. The molecule has 1 heterocycles. The average molecular weight is 332 g/mol. The van der Waals surface area contributed by atoms with Crippen LogP contribution in [0, 0.1) is 6.92 Å². The average Bonchev–Trinajstić information content (AvgIpc) is 2.63. The number of rotatable bonds is 6. The van der Waals surface area contributed by atoms with Gasteiger partial charge in [-0.3, -0.25) is 5.10 Å². The van der Waals surface area contributed by atoms with E-state index in [2.05, 4.69) is 26.1 Å². The normalized spacial score (nSPS) is 12.6. The van der Waals surface area contributed by atoms with Crippen LogP contribution < -0.4 is 0 Å². The summed E-state index contributed by atoms with van der Waals surface area (Å²) >= 11 is 3.04. The molecule has 0 aromatic carbocycles. The number of aryl methyl sites for hydroxylation is 1. The second-order valence-electron chi connectivity index (χ2n) is 3.30. The molecule has 1 N–H and O–H groups in total. The lowest BCUT2D eigenvalue weighted by Crippen LogP contribution is -2.36. The lowest BCUT2D eigenvalue weighted by molar-refractivity contribution is 0.121. The van der Waals surface area contributed by atoms with E-state index in [9.17, 15) is 17.2 Å². The molecule has 98 valence electrons. The summed E-state index contributed by atoms with van der Waals surface area (Å²) in [5, 5.41) is 6.34. The van der Waals surface area contributed by atoms with Gasteiger partial charge in [0.1, 0.15) is 4.90 Å². The molecule has 0 bridgehead atoms. The lowest BCUT2D eigenvalue weighted by Gasteiger charge is -2.20. The van der Waals surface area contributed by atoms with Crippen LogP contribution in [0.3, 0.4) is 0 Å². The Morgan fingerprint density at radius 3 is 2.65 bits per heavy atom. The summed E-state index contributed by atoms with van der Waals surface area (Å²) in [6, 6.07) is 0. The Morgan fingerprint density at radius 2 is 2.24 bits per heavy atom. The van der Waals surface area contributed by atoms with Gasteiger partial charge < -0.3 is 0 Å². The van der Waals surface area contributed by atoms with Crippen LogP contribution in [0.2, 0.25) is 0 Å². The van der Waals surface area contributed by atoms with E-state index in [0.29, 0.717) is 5.69 Å². The quantitative estimate of drug-likeness (QED) is 0.800. The maximum absolute atomic E-state index is 12.3. The van der Waals surface area contributed by atoms with Crippen LogP contribution in [0.5, 0.6) is 0 Å². The number of nitrogens with zero attached hydrogens (tertiary/aromatic N) is 2. The van der Waals surface area contributed by atoms with Crippen LogP contribution in [0.4, 0.5) is 8.78 Å². The van der Waals surface area contributed by atoms with Gasteiger partial charge in [-0.15, -0.1) is 0 Å². The highest BCUT2D eigenvalue weighted by Crippen LogP contribution is 2.18. The number of hydrogen-bond acceptors (Lipinski definition) is 3. The van der Waals surface area contributed by atoms with Crippen molar-refractivity contribution in [3.8, 4) is 0 Å². The minimum Gasteiger partial charge on any atom is -0.281 e. The number of aromatic amines is 1. The molecular formula is C8H12BrF2N3O2S. The third kappa shape index (κ3) is 3.46. The van der Waals surface area contributed by atoms with Gasteiger partial charge in [-0.1, -0.05) is 15.9 Å². The molecule has 0 atom stereocenters. The van der Waals surface area contributed by atoms with Crippen molar-refractivity contribution in [2.75, 3.05) is 18.4 Å². The fraction of sp³-hybridized carbons (Fsp3) is 0.625. The van der Waals surface area contributed by atoms with Gasteiger partial charge in [0.15, 0.2) is 0 Å². The van der Waals surface area contributed by atoms with Crippen LogP contribution in [-0.4, -0.2) is 47.8 Å². The van der Waals surface area contributed by atoms with Crippen LogP contribution in [0.15, 0.2) is 11.1 Å². The second kappa shape index (κ2) is 5.87. The van der Waals surface area contributed by atoms with E-state index in [0.717, 1.165) is 10.5 Å². The summed E-state index contributed by atoms with van der Waals surface area (Å²) in [6.07, 6.45) is -1.59. The van der Waals surface area contributed by atoms with E-state index in [4.69, 9.17) is 0 Å². The number of aromatic nitrogens is 2. The van der Waals surface area contributed by atoms with Crippen molar-refractivity contribution >= 4 is 26.0 Å². The number of H-pyrrole nitrogens is 1. The fourth-order valence-corrected chi connectivity index (χ4v) is 3.50. The molecule has 17 heavy (non-hydrogen) atoms. The predicted molar refractivity (Wildman–Crippen MR) is 61.9 cm³/mol. The number of alkyl halides is 3. The Kier molecular flexibility index (Phi) is 5.02. The minimum atomic E-state index is -3.92.